The monoisotopic (exact) mass is 674 g/mol. The van der Waals surface area contributed by atoms with E-state index in [-0.39, 0.29) is 0 Å². The van der Waals surface area contributed by atoms with Crippen LogP contribution in [0.4, 0.5) is 34.1 Å². The van der Waals surface area contributed by atoms with Crippen molar-refractivity contribution >= 4 is 34.1 Å². The summed E-state index contributed by atoms with van der Waals surface area (Å²) in [4.78, 5) is 30.5. The predicted octanol–water partition coefficient (Wildman–Crippen LogP) is 10.2. The molecule has 0 saturated carbocycles. The zero-order valence-corrected chi connectivity index (χ0v) is 27.4. The molecule has 10 rings (SSSR count). The average Bonchev–Trinajstić information content (AvgIpc) is 3.22. The van der Waals surface area contributed by atoms with E-state index >= 15 is 0 Å². The van der Waals surface area contributed by atoms with E-state index in [1.54, 1.807) is 0 Å². The number of benzene rings is 6. The van der Waals surface area contributed by atoms with E-state index in [2.05, 4.69) is 94.3 Å². The van der Waals surface area contributed by atoms with Crippen LogP contribution in [0.25, 0.3) is 33.9 Å². The van der Waals surface area contributed by atoms with Crippen LogP contribution in [-0.2, 0) is 0 Å². The first-order chi connectivity index (χ1) is 25.8. The van der Waals surface area contributed by atoms with Crippen LogP contribution in [-0.4, -0.2) is 29.9 Å². The van der Waals surface area contributed by atoms with Gasteiger partial charge in [-0.15, -0.1) is 0 Å². The van der Waals surface area contributed by atoms with Crippen LogP contribution in [0.15, 0.2) is 159 Å². The summed E-state index contributed by atoms with van der Waals surface area (Å²) in [7, 11) is 0. The van der Waals surface area contributed by atoms with Crippen molar-refractivity contribution in [2.24, 2.45) is 0 Å². The van der Waals surface area contributed by atoms with Crippen LogP contribution in [0.3, 0.4) is 0 Å². The standard InChI is InChI=1S/C42H26N8O2/c1-5-13-37-33(9-1)49(34-10-2-6-14-38(34)51-37)31-20-28(21-32(22-31)50-35-11-3-7-15-39(35)52-40-16-8-4-12-36(40)50)27-17-29(41-45-23-43-24-46-41)19-30(18-27)42-47-25-44-26-48-42/h1-26H. The summed E-state index contributed by atoms with van der Waals surface area (Å²) in [5.41, 5.74) is 9.04. The Morgan fingerprint density at radius 1 is 0.346 bits per heavy atom. The second-order valence-electron chi connectivity index (χ2n) is 12.2. The Kier molecular flexibility index (Phi) is 6.88. The molecule has 0 unspecified atom stereocenters. The van der Waals surface area contributed by atoms with Gasteiger partial charge in [-0.2, -0.15) is 0 Å². The molecule has 0 N–H and O–H groups in total. The lowest BCUT2D eigenvalue weighted by Crippen LogP contribution is -2.18. The molecular formula is C42H26N8O2. The van der Waals surface area contributed by atoms with Crippen molar-refractivity contribution < 1.29 is 9.47 Å². The smallest absolute Gasteiger partial charge is 0.162 e. The van der Waals surface area contributed by atoms with Gasteiger partial charge in [0.25, 0.3) is 0 Å². The lowest BCUT2D eigenvalue weighted by Gasteiger charge is -2.36. The zero-order chi connectivity index (χ0) is 34.4. The highest BCUT2D eigenvalue weighted by Crippen LogP contribution is 2.54. The second kappa shape index (κ2) is 12.1. The number of fused-ring (bicyclic) bond motifs is 4. The first-order valence-electron chi connectivity index (χ1n) is 16.6. The molecule has 10 nitrogen and oxygen atoms in total. The average molecular weight is 675 g/mol. The molecule has 8 aromatic rings. The van der Waals surface area contributed by atoms with E-state index in [1.165, 1.54) is 25.3 Å². The van der Waals surface area contributed by atoms with Gasteiger partial charge in [-0.25, -0.2) is 29.9 Å². The topological polar surface area (TPSA) is 102 Å². The van der Waals surface area contributed by atoms with Crippen LogP contribution in [0.5, 0.6) is 23.0 Å². The summed E-state index contributed by atoms with van der Waals surface area (Å²) in [6, 6.07) is 45.2. The van der Waals surface area contributed by atoms with Gasteiger partial charge in [0.2, 0.25) is 0 Å². The summed E-state index contributed by atoms with van der Waals surface area (Å²) in [6.07, 6.45) is 5.99. The van der Waals surface area contributed by atoms with Gasteiger partial charge in [-0.3, -0.25) is 0 Å². The molecule has 6 aromatic carbocycles. The Morgan fingerprint density at radius 3 is 1.06 bits per heavy atom. The van der Waals surface area contributed by atoms with Crippen LogP contribution in [0.2, 0.25) is 0 Å². The van der Waals surface area contributed by atoms with Gasteiger partial charge >= 0.3 is 0 Å². The molecule has 0 bridgehead atoms. The maximum absolute atomic E-state index is 6.41. The molecule has 0 atom stereocenters. The second-order valence-corrected chi connectivity index (χ2v) is 12.2. The molecule has 2 aromatic heterocycles. The largest absolute Gasteiger partial charge is 0.453 e. The summed E-state index contributed by atoms with van der Waals surface area (Å²) < 4.78 is 12.8. The summed E-state index contributed by atoms with van der Waals surface area (Å²) in [5.74, 6) is 4.15. The fourth-order valence-corrected chi connectivity index (χ4v) is 6.81. The number of ether oxygens (including phenoxy) is 2. The molecule has 2 aliphatic heterocycles. The SMILES string of the molecule is c1ccc2c(c1)Oc1ccccc1N2c1cc(-c2cc(-c3ncncn3)cc(-c3ncncn3)c2)cc(N2c3ccccc3Oc3ccccc32)c1. The molecule has 0 spiro atoms. The van der Waals surface area contributed by atoms with Crippen LogP contribution in [0.1, 0.15) is 0 Å². The van der Waals surface area contributed by atoms with E-state index in [9.17, 15) is 0 Å². The van der Waals surface area contributed by atoms with Crippen molar-refractivity contribution in [1.29, 1.82) is 0 Å². The highest BCUT2D eigenvalue weighted by atomic mass is 16.5. The van der Waals surface area contributed by atoms with E-state index < -0.39 is 0 Å². The number of rotatable bonds is 5. The maximum atomic E-state index is 6.41. The minimum absolute atomic E-state index is 0.538. The van der Waals surface area contributed by atoms with Crippen LogP contribution in [0, 0.1) is 0 Å². The molecular weight excluding hydrogens is 649 g/mol. The molecule has 246 valence electrons. The number of hydrogen-bond acceptors (Lipinski definition) is 10. The number of anilines is 6. The number of nitrogens with zero attached hydrogens (tertiary/aromatic N) is 8. The Balaban J connectivity index is 1.26. The van der Waals surface area contributed by atoms with E-state index in [0.29, 0.717) is 11.6 Å². The van der Waals surface area contributed by atoms with E-state index in [4.69, 9.17) is 9.47 Å². The minimum atomic E-state index is 0.538. The highest BCUT2D eigenvalue weighted by Gasteiger charge is 2.29. The summed E-state index contributed by atoms with van der Waals surface area (Å²) in [5, 5.41) is 0. The number of hydrogen-bond donors (Lipinski definition) is 0. The third-order valence-corrected chi connectivity index (χ3v) is 9.05. The first kappa shape index (κ1) is 29.5. The number of aromatic nitrogens is 6. The first-order valence-corrected chi connectivity index (χ1v) is 16.6. The zero-order valence-electron chi connectivity index (χ0n) is 27.4. The van der Waals surface area contributed by atoms with Crippen molar-refractivity contribution in [3.8, 4) is 56.9 Å². The Hall–Kier alpha value is -7.46. The fraction of sp³-hybridized carbons (Fsp3) is 0. The van der Waals surface area contributed by atoms with Gasteiger partial charge in [0.1, 0.15) is 25.3 Å². The fourth-order valence-electron chi connectivity index (χ4n) is 6.81. The lowest BCUT2D eigenvalue weighted by atomic mass is 9.97. The Morgan fingerprint density at radius 2 is 0.673 bits per heavy atom. The third kappa shape index (κ3) is 5.05. The molecule has 0 fully saturated rings. The summed E-state index contributed by atoms with van der Waals surface area (Å²) >= 11 is 0. The van der Waals surface area contributed by atoms with Crippen molar-refractivity contribution in [2.45, 2.75) is 0 Å². The van der Waals surface area contributed by atoms with Gasteiger partial charge in [0, 0.05) is 22.5 Å². The molecule has 0 amide bonds. The predicted molar refractivity (Wildman–Crippen MR) is 199 cm³/mol. The van der Waals surface area contributed by atoms with Gasteiger partial charge in [-0.1, -0.05) is 48.5 Å². The van der Waals surface area contributed by atoms with Gasteiger partial charge in [0.15, 0.2) is 34.6 Å². The van der Waals surface area contributed by atoms with Crippen LogP contribution >= 0.6 is 0 Å². The lowest BCUT2D eigenvalue weighted by molar-refractivity contribution is 0.477. The minimum Gasteiger partial charge on any atom is -0.453 e. The molecule has 0 saturated heterocycles. The highest BCUT2D eigenvalue weighted by molar-refractivity contribution is 5.94. The van der Waals surface area contributed by atoms with Crippen molar-refractivity contribution in [1.82, 2.24) is 29.9 Å². The van der Waals surface area contributed by atoms with E-state index in [0.717, 1.165) is 79.4 Å². The van der Waals surface area contributed by atoms with E-state index in [1.807, 2.05) is 78.9 Å². The summed E-state index contributed by atoms with van der Waals surface area (Å²) in [6.45, 7) is 0. The Bertz CT molecular complexity index is 2360. The third-order valence-electron chi connectivity index (χ3n) is 9.05. The molecule has 0 aliphatic carbocycles. The maximum Gasteiger partial charge on any atom is 0.162 e. The molecule has 0 radical (unpaired) electrons. The number of para-hydroxylation sites is 8. The molecule has 2 aliphatic rings. The van der Waals surface area contributed by atoms with Crippen LogP contribution < -0.4 is 19.3 Å². The van der Waals surface area contributed by atoms with Gasteiger partial charge in [0.05, 0.1) is 22.7 Å². The van der Waals surface area contributed by atoms with Crippen molar-refractivity contribution in [2.75, 3.05) is 9.80 Å². The van der Waals surface area contributed by atoms with Gasteiger partial charge in [-0.05, 0) is 96.1 Å². The normalized spacial score (nSPS) is 12.5. The van der Waals surface area contributed by atoms with Gasteiger partial charge < -0.3 is 19.3 Å². The van der Waals surface area contributed by atoms with Crippen molar-refractivity contribution in [3.05, 3.63) is 159 Å². The molecule has 4 heterocycles. The molecule has 10 heteroatoms. The Labute approximate surface area is 298 Å². The quantitative estimate of drug-likeness (QED) is 0.175. The molecule has 52 heavy (non-hydrogen) atoms. The van der Waals surface area contributed by atoms with Crippen molar-refractivity contribution in [3.63, 3.8) is 0 Å².